The van der Waals surface area contributed by atoms with E-state index in [1.54, 1.807) is 23.9 Å². The maximum absolute atomic E-state index is 15.5. The highest BCUT2D eigenvalue weighted by Crippen LogP contribution is 2.41. The Morgan fingerprint density at radius 3 is 2.81 bits per heavy atom. The van der Waals surface area contributed by atoms with Gasteiger partial charge in [0.2, 0.25) is 5.91 Å². The van der Waals surface area contributed by atoms with Crippen LogP contribution in [-0.2, 0) is 36.0 Å². The molecule has 3 aromatic rings. The van der Waals surface area contributed by atoms with Crippen molar-refractivity contribution >= 4 is 17.4 Å². The molecule has 1 aromatic carbocycles. The van der Waals surface area contributed by atoms with E-state index >= 15 is 4.39 Å². The Bertz CT molecular complexity index is 1310. The Hall–Kier alpha value is -3.20. The lowest BCUT2D eigenvalue weighted by Gasteiger charge is -2.33. The molecule has 6 rings (SSSR count). The van der Waals surface area contributed by atoms with Crippen LogP contribution in [0.5, 0.6) is 0 Å². The summed E-state index contributed by atoms with van der Waals surface area (Å²) in [5.41, 5.74) is 5.69. The van der Waals surface area contributed by atoms with Gasteiger partial charge < -0.3 is 14.5 Å². The van der Waals surface area contributed by atoms with Gasteiger partial charge in [0, 0.05) is 81.0 Å². The Morgan fingerprint density at radius 2 is 2.00 bits per heavy atom. The van der Waals surface area contributed by atoms with E-state index in [1.165, 1.54) is 5.69 Å². The number of fused-ring (bicyclic) bond motifs is 2. The summed E-state index contributed by atoms with van der Waals surface area (Å²) < 4.78 is 25.2. The summed E-state index contributed by atoms with van der Waals surface area (Å²) >= 11 is 0. The predicted octanol–water partition coefficient (Wildman–Crippen LogP) is 4.54. The minimum Gasteiger partial charge on any atom is -0.381 e. The van der Waals surface area contributed by atoms with Gasteiger partial charge in [-0.1, -0.05) is 0 Å². The SMILES string of the molecule is CC(=O)N1CCc2c(c(N3CCCc4cc(-c5cnn(C)c5)c(F)cc43)nn2C2CCCCOCC2)C1. The highest BCUT2D eigenvalue weighted by molar-refractivity contribution is 5.76. The first-order valence-corrected chi connectivity index (χ1v) is 13.5. The van der Waals surface area contributed by atoms with Gasteiger partial charge in [-0.15, -0.1) is 0 Å². The van der Waals surface area contributed by atoms with E-state index in [0.717, 1.165) is 92.9 Å². The van der Waals surface area contributed by atoms with Crippen LogP contribution in [0.15, 0.2) is 24.5 Å². The van der Waals surface area contributed by atoms with Crippen LogP contribution in [0.25, 0.3) is 11.1 Å². The molecule has 1 fully saturated rings. The lowest BCUT2D eigenvalue weighted by Crippen LogP contribution is -2.36. The molecule has 8 nitrogen and oxygen atoms in total. The van der Waals surface area contributed by atoms with Crippen molar-refractivity contribution in [1.82, 2.24) is 24.5 Å². The van der Waals surface area contributed by atoms with Crippen molar-refractivity contribution in [2.75, 3.05) is 31.2 Å². The summed E-state index contributed by atoms with van der Waals surface area (Å²) in [5, 5.41) is 9.45. The van der Waals surface area contributed by atoms with Crippen molar-refractivity contribution in [3.63, 3.8) is 0 Å². The van der Waals surface area contributed by atoms with Gasteiger partial charge in [0.05, 0.1) is 18.8 Å². The number of halogens is 1. The zero-order valence-corrected chi connectivity index (χ0v) is 21.7. The molecule has 0 aliphatic carbocycles. The number of amides is 1. The van der Waals surface area contributed by atoms with Crippen molar-refractivity contribution in [2.45, 2.75) is 64.5 Å². The first-order valence-electron chi connectivity index (χ1n) is 13.5. The van der Waals surface area contributed by atoms with Crippen molar-refractivity contribution in [2.24, 2.45) is 7.05 Å². The number of rotatable bonds is 3. The number of anilines is 2. The largest absolute Gasteiger partial charge is 0.381 e. The average molecular weight is 507 g/mol. The Labute approximate surface area is 217 Å². The van der Waals surface area contributed by atoms with E-state index in [4.69, 9.17) is 9.84 Å². The third-order valence-electron chi connectivity index (χ3n) is 8.09. The molecule has 37 heavy (non-hydrogen) atoms. The highest BCUT2D eigenvalue weighted by Gasteiger charge is 2.33. The Kier molecular flexibility index (Phi) is 6.48. The van der Waals surface area contributed by atoms with Crippen LogP contribution in [0.2, 0.25) is 0 Å². The second kappa shape index (κ2) is 9.93. The molecule has 1 atom stereocenters. The molecular formula is C28H35FN6O2. The second-order valence-corrected chi connectivity index (χ2v) is 10.6. The average Bonchev–Trinajstić information content (AvgIpc) is 3.46. The summed E-state index contributed by atoms with van der Waals surface area (Å²) in [6.45, 7) is 5.23. The first-order chi connectivity index (χ1) is 18.0. The number of hydrogen-bond acceptors (Lipinski definition) is 5. The molecular weight excluding hydrogens is 471 g/mol. The lowest BCUT2D eigenvalue weighted by molar-refractivity contribution is -0.129. The Morgan fingerprint density at radius 1 is 1.11 bits per heavy atom. The van der Waals surface area contributed by atoms with Gasteiger partial charge in [-0.3, -0.25) is 14.2 Å². The van der Waals surface area contributed by atoms with E-state index in [2.05, 4.69) is 14.7 Å². The quantitative estimate of drug-likeness (QED) is 0.522. The maximum atomic E-state index is 15.5. The fourth-order valence-corrected chi connectivity index (χ4v) is 6.12. The molecule has 2 aromatic heterocycles. The van der Waals surface area contributed by atoms with Gasteiger partial charge in [0.1, 0.15) is 5.82 Å². The lowest BCUT2D eigenvalue weighted by atomic mass is 9.96. The standard InChI is InChI=1S/C28H35FN6O2/c1-19(36)33-11-8-26-24(18-33)28(31-35(26)22-7-3-4-12-37-13-9-22)34-10-5-6-20-14-23(25(29)15-27(20)34)21-16-30-32(2)17-21/h14-17,22H,3-13,18H2,1-2H3. The third kappa shape index (κ3) is 4.54. The van der Waals surface area contributed by atoms with Gasteiger partial charge in [-0.25, -0.2) is 4.39 Å². The number of aryl methyl sites for hydroxylation is 2. The number of carbonyl (C=O) groups excluding carboxylic acids is 1. The molecule has 1 saturated heterocycles. The molecule has 196 valence electrons. The fourth-order valence-electron chi connectivity index (χ4n) is 6.12. The van der Waals surface area contributed by atoms with Gasteiger partial charge in [-0.05, 0) is 56.2 Å². The highest BCUT2D eigenvalue weighted by atomic mass is 19.1. The normalized spacial score (nSPS) is 20.2. The second-order valence-electron chi connectivity index (χ2n) is 10.6. The van der Waals surface area contributed by atoms with Crippen molar-refractivity contribution in [1.29, 1.82) is 0 Å². The van der Waals surface area contributed by atoms with E-state index in [-0.39, 0.29) is 17.8 Å². The smallest absolute Gasteiger partial charge is 0.219 e. The topological polar surface area (TPSA) is 68.4 Å². The van der Waals surface area contributed by atoms with E-state index in [0.29, 0.717) is 18.7 Å². The molecule has 1 amide bonds. The third-order valence-corrected chi connectivity index (χ3v) is 8.09. The molecule has 0 spiro atoms. The van der Waals surface area contributed by atoms with Crippen molar-refractivity contribution in [3.05, 3.63) is 47.2 Å². The zero-order valence-electron chi connectivity index (χ0n) is 21.7. The number of ether oxygens (including phenoxy) is 1. The van der Waals surface area contributed by atoms with Crippen LogP contribution in [0.4, 0.5) is 15.9 Å². The van der Waals surface area contributed by atoms with Crippen LogP contribution < -0.4 is 4.90 Å². The van der Waals surface area contributed by atoms with Crippen LogP contribution in [0.3, 0.4) is 0 Å². The minimum atomic E-state index is -0.255. The molecule has 9 heteroatoms. The van der Waals surface area contributed by atoms with E-state index in [9.17, 15) is 4.79 Å². The Balaban J connectivity index is 1.42. The van der Waals surface area contributed by atoms with Crippen molar-refractivity contribution in [3.8, 4) is 11.1 Å². The number of hydrogen-bond donors (Lipinski definition) is 0. The van der Waals surface area contributed by atoms with Crippen molar-refractivity contribution < 1.29 is 13.9 Å². The maximum Gasteiger partial charge on any atom is 0.219 e. The summed E-state index contributed by atoms with van der Waals surface area (Å²) in [7, 11) is 1.84. The fraction of sp³-hybridized carbons (Fsp3) is 0.536. The monoisotopic (exact) mass is 506 g/mol. The number of carbonyl (C=O) groups is 1. The summed E-state index contributed by atoms with van der Waals surface area (Å²) in [6, 6.07) is 3.92. The number of aromatic nitrogens is 4. The summed E-state index contributed by atoms with van der Waals surface area (Å²) in [6.07, 6.45) is 10.4. The predicted molar refractivity (Wildman–Crippen MR) is 139 cm³/mol. The molecule has 3 aliphatic heterocycles. The first kappa shape index (κ1) is 24.2. The molecule has 3 aliphatic rings. The van der Waals surface area contributed by atoms with Crippen LogP contribution in [0.1, 0.15) is 61.9 Å². The van der Waals surface area contributed by atoms with Crippen LogP contribution in [-0.4, -0.2) is 56.7 Å². The van der Waals surface area contributed by atoms with E-state index in [1.807, 2.05) is 24.2 Å². The van der Waals surface area contributed by atoms with Gasteiger partial charge in [0.15, 0.2) is 5.82 Å². The summed E-state index contributed by atoms with van der Waals surface area (Å²) in [5.74, 6) is 0.697. The minimum absolute atomic E-state index is 0.0786. The zero-order chi connectivity index (χ0) is 25.5. The molecule has 0 saturated carbocycles. The number of nitrogens with zero attached hydrogens (tertiary/aromatic N) is 6. The van der Waals surface area contributed by atoms with E-state index < -0.39 is 0 Å². The molecule has 1 unspecified atom stereocenters. The molecule has 5 heterocycles. The van der Waals surface area contributed by atoms with Crippen LogP contribution in [0, 0.1) is 5.82 Å². The number of benzene rings is 1. The molecule has 0 N–H and O–H groups in total. The molecule has 0 bridgehead atoms. The van der Waals surface area contributed by atoms with Gasteiger partial charge >= 0.3 is 0 Å². The molecule has 0 radical (unpaired) electrons. The van der Waals surface area contributed by atoms with Gasteiger partial charge in [-0.2, -0.15) is 10.2 Å². The summed E-state index contributed by atoms with van der Waals surface area (Å²) in [4.78, 5) is 16.4. The van der Waals surface area contributed by atoms with Gasteiger partial charge in [0.25, 0.3) is 0 Å². The van der Waals surface area contributed by atoms with Crippen LogP contribution >= 0.6 is 0 Å².